The molecule has 0 radical (unpaired) electrons. The third-order valence-corrected chi connectivity index (χ3v) is 6.48. The Labute approximate surface area is 205 Å². The Kier molecular flexibility index (Phi) is 8.20. The molecule has 1 atom stereocenters. The number of hydrogen-bond donors (Lipinski definition) is 2. The molecule has 1 heterocycles. The number of methoxy groups -OCH3 is 1. The summed E-state index contributed by atoms with van der Waals surface area (Å²) in [4.78, 5) is 37.0. The van der Waals surface area contributed by atoms with Gasteiger partial charge in [0.2, 0.25) is 11.8 Å². The summed E-state index contributed by atoms with van der Waals surface area (Å²) in [5.41, 5.74) is 0.963. The third-order valence-electron chi connectivity index (χ3n) is 6.20. The molecule has 182 valence electrons. The smallest absolute Gasteiger partial charge is 0.255 e. The molecule has 2 aromatic carbocycles. The number of anilines is 1. The molecule has 0 aromatic heterocycles. The van der Waals surface area contributed by atoms with Gasteiger partial charge in [-0.1, -0.05) is 44.5 Å². The van der Waals surface area contributed by atoms with Crippen molar-refractivity contribution in [2.24, 2.45) is 5.92 Å². The average molecular weight is 487 g/mol. The van der Waals surface area contributed by atoms with E-state index in [1.807, 2.05) is 19.1 Å². The van der Waals surface area contributed by atoms with Crippen molar-refractivity contribution in [2.45, 2.75) is 51.9 Å². The van der Waals surface area contributed by atoms with Gasteiger partial charge in [0.1, 0.15) is 0 Å². The number of benzene rings is 2. The molecule has 3 rings (SSSR count). The molecule has 0 spiro atoms. The highest BCUT2D eigenvalue weighted by atomic mass is 35.5. The van der Waals surface area contributed by atoms with E-state index in [0.29, 0.717) is 59.6 Å². The van der Waals surface area contributed by atoms with Crippen molar-refractivity contribution in [3.8, 4) is 11.5 Å². The standard InChI is InChI=1S/C26H31ClN2O5/c1-5-26(12-10-22(30)29-25(26)32)18-6-8-19(9-7-18)28-24(31)17-14-20(27)23(21(15-17)33-4)34-13-11-16(2)3/h6-9,14-16H,5,10-13H2,1-4H3,(H,28,31)(H,29,30,32)/t26-/m0/s1. The van der Waals surface area contributed by atoms with E-state index in [4.69, 9.17) is 21.1 Å². The summed E-state index contributed by atoms with van der Waals surface area (Å²) in [6, 6.07) is 10.3. The van der Waals surface area contributed by atoms with Gasteiger partial charge in [0, 0.05) is 17.7 Å². The first-order valence-electron chi connectivity index (χ1n) is 11.5. The fourth-order valence-electron chi connectivity index (χ4n) is 4.03. The minimum Gasteiger partial charge on any atom is -0.493 e. The lowest BCUT2D eigenvalue weighted by atomic mass is 9.72. The molecule has 1 aliphatic rings. The Hall–Kier alpha value is -3.06. The lowest BCUT2D eigenvalue weighted by molar-refractivity contribution is -0.138. The van der Waals surface area contributed by atoms with Crippen LogP contribution in [0, 0.1) is 5.92 Å². The van der Waals surface area contributed by atoms with Gasteiger partial charge in [-0.15, -0.1) is 0 Å². The monoisotopic (exact) mass is 486 g/mol. The summed E-state index contributed by atoms with van der Waals surface area (Å²) < 4.78 is 11.2. The van der Waals surface area contributed by atoms with Crippen molar-refractivity contribution in [3.05, 3.63) is 52.5 Å². The number of ether oxygens (including phenoxy) is 2. The van der Waals surface area contributed by atoms with Crippen LogP contribution in [0.25, 0.3) is 0 Å². The largest absolute Gasteiger partial charge is 0.493 e. The number of amides is 3. The Balaban J connectivity index is 1.75. The molecule has 2 N–H and O–H groups in total. The van der Waals surface area contributed by atoms with Crippen LogP contribution in [0.2, 0.25) is 5.02 Å². The van der Waals surface area contributed by atoms with Crippen molar-refractivity contribution in [2.75, 3.05) is 19.0 Å². The number of hydrogen-bond acceptors (Lipinski definition) is 5. The predicted octanol–water partition coefficient (Wildman–Crippen LogP) is 5.11. The van der Waals surface area contributed by atoms with E-state index in [0.717, 1.165) is 12.0 Å². The van der Waals surface area contributed by atoms with Crippen molar-refractivity contribution >= 4 is 35.0 Å². The average Bonchev–Trinajstić information content (AvgIpc) is 2.80. The maximum atomic E-state index is 12.9. The normalized spacial score (nSPS) is 17.9. The second kappa shape index (κ2) is 10.9. The molecule has 0 aliphatic carbocycles. The Morgan fingerprint density at radius 3 is 2.50 bits per heavy atom. The topological polar surface area (TPSA) is 93.7 Å². The van der Waals surface area contributed by atoms with E-state index < -0.39 is 5.41 Å². The molecule has 0 bridgehead atoms. The summed E-state index contributed by atoms with van der Waals surface area (Å²) in [7, 11) is 1.50. The second-order valence-corrected chi connectivity index (χ2v) is 9.27. The van der Waals surface area contributed by atoms with E-state index in [1.54, 1.807) is 24.3 Å². The molecule has 1 saturated heterocycles. The molecular weight excluding hydrogens is 456 g/mol. The molecule has 2 aromatic rings. The molecule has 34 heavy (non-hydrogen) atoms. The minimum atomic E-state index is -0.747. The molecule has 7 nitrogen and oxygen atoms in total. The van der Waals surface area contributed by atoms with E-state index in [-0.39, 0.29) is 17.7 Å². The van der Waals surface area contributed by atoms with E-state index >= 15 is 0 Å². The maximum absolute atomic E-state index is 12.9. The highest BCUT2D eigenvalue weighted by Gasteiger charge is 2.42. The first kappa shape index (κ1) is 25.6. The number of carbonyl (C=O) groups excluding carboxylic acids is 3. The zero-order chi connectivity index (χ0) is 24.9. The fraction of sp³-hybridized carbons (Fsp3) is 0.423. The molecule has 0 saturated carbocycles. The quantitative estimate of drug-likeness (QED) is 0.480. The van der Waals surface area contributed by atoms with Gasteiger partial charge < -0.3 is 14.8 Å². The van der Waals surface area contributed by atoms with Crippen LogP contribution in [-0.2, 0) is 15.0 Å². The number of piperidine rings is 1. The predicted molar refractivity (Wildman–Crippen MR) is 132 cm³/mol. The van der Waals surface area contributed by atoms with Gasteiger partial charge in [-0.25, -0.2) is 0 Å². The van der Waals surface area contributed by atoms with Crippen molar-refractivity contribution in [1.82, 2.24) is 5.32 Å². The zero-order valence-electron chi connectivity index (χ0n) is 20.0. The maximum Gasteiger partial charge on any atom is 0.255 e. The van der Waals surface area contributed by atoms with Gasteiger partial charge in [-0.2, -0.15) is 0 Å². The summed E-state index contributed by atoms with van der Waals surface area (Å²) in [6.07, 6.45) is 2.21. The van der Waals surface area contributed by atoms with Gasteiger partial charge in [-0.05, 0) is 55.0 Å². The highest BCUT2D eigenvalue weighted by molar-refractivity contribution is 6.32. The molecule has 1 aliphatic heterocycles. The number of halogens is 1. The van der Waals surface area contributed by atoms with Crippen LogP contribution >= 0.6 is 11.6 Å². The van der Waals surface area contributed by atoms with Crippen molar-refractivity contribution < 1.29 is 23.9 Å². The van der Waals surface area contributed by atoms with Crippen molar-refractivity contribution in [3.63, 3.8) is 0 Å². The SMILES string of the molecule is CC[C@@]1(c2ccc(NC(=O)c3cc(Cl)c(OCCC(C)C)c(OC)c3)cc2)CCC(=O)NC1=O. The summed E-state index contributed by atoms with van der Waals surface area (Å²) >= 11 is 6.39. The first-order valence-corrected chi connectivity index (χ1v) is 11.8. The summed E-state index contributed by atoms with van der Waals surface area (Å²) in [5, 5.41) is 5.59. The summed E-state index contributed by atoms with van der Waals surface area (Å²) in [6.45, 7) is 6.64. The van der Waals surface area contributed by atoms with Crippen LogP contribution in [0.3, 0.4) is 0 Å². The lowest BCUT2D eigenvalue weighted by Gasteiger charge is -2.35. The van der Waals surface area contributed by atoms with Gasteiger partial charge in [-0.3, -0.25) is 19.7 Å². The molecular formula is C26H31ClN2O5. The van der Waals surface area contributed by atoms with E-state index in [2.05, 4.69) is 24.5 Å². The van der Waals surface area contributed by atoms with Crippen LogP contribution in [0.1, 0.15) is 62.4 Å². The van der Waals surface area contributed by atoms with Crippen LogP contribution in [0.4, 0.5) is 5.69 Å². The van der Waals surface area contributed by atoms with E-state index in [9.17, 15) is 14.4 Å². The molecule has 1 fully saturated rings. The van der Waals surface area contributed by atoms with Crippen LogP contribution in [0.5, 0.6) is 11.5 Å². The van der Waals surface area contributed by atoms with Gasteiger partial charge in [0.15, 0.2) is 11.5 Å². The van der Waals surface area contributed by atoms with Gasteiger partial charge >= 0.3 is 0 Å². The second-order valence-electron chi connectivity index (χ2n) is 8.86. The first-order chi connectivity index (χ1) is 16.2. The van der Waals surface area contributed by atoms with Crippen molar-refractivity contribution in [1.29, 1.82) is 0 Å². The summed E-state index contributed by atoms with van der Waals surface area (Å²) in [5.74, 6) is 0.416. The minimum absolute atomic E-state index is 0.247. The van der Waals surface area contributed by atoms with Crippen LogP contribution in [0.15, 0.2) is 36.4 Å². The zero-order valence-corrected chi connectivity index (χ0v) is 20.8. The lowest BCUT2D eigenvalue weighted by Crippen LogP contribution is -2.51. The number of nitrogens with one attached hydrogen (secondary N) is 2. The Bertz CT molecular complexity index is 1070. The third kappa shape index (κ3) is 5.53. The Morgan fingerprint density at radius 1 is 1.21 bits per heavy atom. The number of imide groups is 1. The molecule has 8 heteroatoms. The Morgan fingerprint density at radius 2 is 1.91 bits per heavy atom. The highest BCUT2D eigenvalue weighted by Crippen LogP contribution is 2.38. The molecule has 3 amide bonds. The van der Waals surface area contributed by atoms with Gasteiger partial charge in [0.05, 0.1) is 24.2 Å². The van der Waals surface area contributed by atoms with Crippen LogP contribution in [-0.4, -0.2) is 31.4 Å². The fourth-order valence-corrected chi connectivity index (χ4v) is 4.29. The van der Waals surface area contributed by atoms with E-state index in [1.165, 1.54) is 7.11 Å². The number of carbonyl (C=O) groups is 3. The number of rotatable bonds is 9. The van der Waals surface area contributed by atoms with Crippen LogP contribution < -0.4 is 20.1 Å². The van der Waals surface area contributed by atoms with Gasteiger partial charge in [0.25, 0.3) is 5.91 Å². The molecule has 0 unspecified atom stereocenters.